The van der Waals surface area contributed by atoms with Gasteiger partial charge in [0.2, 0.25) is 0 Å². The average Bonchev–Trinajstić information content (AvgIpc) is 1.12. The zero-order valence-corrected chi connectivity index (χ0v) is 11.1. The minimum absolute atomic E-state index is 0. The molecule has 0 atom stereocenters. The second-order valence-electron chi connectivity index (χ2n) is 0.960. The molecule has 13 heteroatoms. The van der Waals surface area contributed by atoms with E-state index < -0.39 is 15.6 Å². The van der Waals surface area contributed by atoms with E-state index in [2.05, 4.69) is 0 Å². The van der Waals surface area contributed by atoms with Crippen molar-refractivity contribution in [2.45, 2.75) is 0 Å². The molecule has 0 aliphatic carbocycles. The SMILES string of the molecule is O=P(O)(O)O.O=P([O-])([O-])[O-].[NH4+].[NH4+].[Na+]. The van der Waals surface area contributed by atoms with Crippen molar-refractivity contribution in [3.8, 4) is 0 Å². The molecule has 0 radical (unpaired) electrons. The van der Waals surface area contributed by atoms with Crippen molar-refractivity contribution in [3.05, 3.63) is 0 Å². The second-order valence-corrected chi connectivity index (χ2v) is 2.88. The Labute approximate surface area is 95.9 Å². The predicted molar refractivity (Wildman–Crippen MR) is 33.8 cm³/mol. The summed E-state index contributed by atoms with van der Waals surface area (Å²) in [6.45, 7) is 0. The van der Waals surface area contributed by atoms with Gasteiger partial charge in [-0.15, -0.1) is 0 Å². The Bertz CT molecular complexity index is 132. The Balaban J connectivity index is -0.0000000267. The molecule has 0 aromatic carbocycles. The van der Waals surface area contributed by atoms with Gasteiger partial charge in [-0.2, -0.15) is 7.82 Å². The molecule has 13 heavy (non-hydrogen) atoms. The summed E-state index contributed by atoms with van der Waals surface area (Å²) in [6, 6.07) is 0. The maximum atomic E-state index is 8.88. The first-order chi connectivity index (χ1) is 4.00. The number of phosphoric acid groups is 2. The van der Waals surface area contributed by atoms with E-state index in [1.165, 1.54) is 0 Å². The predicted octanol–water partition coefficient (Wildman–Crippen LogP) is -6.00. The Morgan fingerprint density at radius 2 is 0.846 bits per heavy atom. The fourth-order valence-electron chi connectivity index (χ4n) is 0. The summed E-state index contributed by atoms with van der Waals surface area (Å²) in [5.41, 5.74) is 0. The van der Waals surface area contributed by atoms with Crippen molar-refractivity contribution in [2.24, 2.45) is 0 Å². The third-order valence-electron chi connectivity index (χ3n) is 0. The fraction of sp³-hybridized carbons (Fsp3) is 0. The third-order valence-corrected chi connectivity index (χ3v) is 0. The van der Waals surface area contributed by atoms with Crippen LogP contribution in [0.25, 0.3) is 0 Å². The number of hydrogen-bond donors (Lipinski definition) is 5. The molecule has 0 aliphatic heterocycles. The molecule has 0 spiro atoms. The van der Waals surface area contributed by atoms with Crippen molar-refractivity contribution in [2.75, 3.05) is 0 Å². The molecule has 0 aliphatic rings. The standard InChI is InChI=1S/2H3N.Na.2H3O4P/c;;;2*1-5(2,3)4/h2*1H3;;2*(H3,1,2,3,4)/q;;+1;;/p-1. The van der Waals surface area contributed by atoms with E-state index in [1.54, 1.807) is 0 Å². The largest absolute Gasteiger partial charge is 1.00 e. The Morgan fingerprint density at radius 1 is 0.846 bits per heavy atom. The van der Waals surface area contributed by atoms with Gasteiger partial charge in [0.25, 0.3) is 0 Å². The van der Waals surface area contributed by atoms with E-state index in [0.717, 1.165) is 0 Å². The molecule has 0 unspecified atom stereocenters. The zero-order valence-electron chi connectivity index (χ0n) is 7.28. The monoisotopic (exact) mass is 252 g/mol. The Hall–Kier alpha value is 1.14. The molecule has 0 fully saturated rings. The van der Waals surface area contributed by atoms with Crippen LogP contribution in [0.3, 0.4) is 0 Å². The minimum Gasteiger partial charge on any atom is -0.822 e. The van der Waals surface area contributed by atoms with Crippen LogP contribution in [0.15, 0.2) is 0 Å². The maximum absolute atomic E-state index is 8.88. The molecule has 0 aromatic rings. The van der Waals surface area contributed by atoms with E-state index in [-0.39, 0.29) is 41.9 Å². The molecule has 0 amide bonds. The second kappa shape index (κ2) is 11.2. The van der Waals surface area contributed by atoms with E-state index in [4.69, 9.17) is 38.5 Å². The number of hydrogen-bond acceptors (Lipinski definition) is 5. The van der Waals surface area contributed by atoms with Crippen molar-refractivity contribution >= 4 is 15.6 Å². The van der Waals surface area contributed by atoms with Crippen LogP contribution in [0, 0.1) is 0 Å². The molecule has 0 heterocycles. The fourth-order valence-corrected chi connectivity index (χ4v) is 0. The third kappa shape index (κ3) is 1250. The average molecular weight is 252 g/mol. The van der Waals surface area contributed by atoms with Gasteiger partial charge in [-0.05, 0) is 0 Å². The molecule has 0 rings (SSSR count). The minimum atomic E-state index is -5.39. The van der Waals surface area contributed by atoms with Crippen LogP contribution in [0.5, 0.6) is 0 Å². The van der Waals surface area contributed by atoms with Gasteiger partial charge in [0.05, 0.1) is 0 Å². The molecule has 0 saturated carbocycles. The van der Waals surface area contributed by atoms with Crippen molar-refractivity contribution < 1.29 is 68.0 Å². The Kier molecular flexibility index (Phi) is 25.2. The first-order valence-electron chi connectivity index (χ1n) is 1.51. The van der Waals surface area contributed by atoms with E-state index in [0.29, 0.717) is 0 Å². The van der Waals surface area contributed by atoms with Gasteiger partial charge >= 0.3 is 37.4 Å². The van der Waals surface area contributed by atoms with E-state index in [9.17, 15) is 0 Å². The normalized spacial score (nSPS) is 9.08. The first-order valence-corrected chi connectivity index (χ1v) is 4.54. The van der Waals surface area contributed by atoms with Gasteiger partial charge in [0, 0.05) is 0 Å². The van der Waals surface area contributed by atoms with Crippen LogP contribution < -0.4 is 56.5 Å². The summed E-state index contributed by atoms with van der Waals surface area (Å²) in [5.74, 6) is 0. The summed E-state index contributed by atoms with van der Waals surface area (Å²) in [4.78, 5) is 47.2. The van der Waals surface area contributed by atoms with Gasteiger partial charge in [0.1, 0.15) is 0 Å². The van der Waals surface area contributed by atoms with Gasteiger partial charge in [-0.1, -0.05) is 0 Å². The zero-order chi connectivity index (χ0) is 9.00. The molecule has 0 bridgehead atoms. The van der Waals surface area contributed by atoms with E-state index >= 15 is 0 Å². The van der Waals surface area contributed by atoms with Crippen LogP contribution in [0.4, 0.5) is 0 Å². The van der Waals surface area contributed by atoms with Crippen LogP contribution in [0.1, 0.15) is 0 Å². The molecular formula is H11N2NaO8P2. The maximum Gasteiger partial charge on any atom is 1.00 e. The van der Waals surface area contributed by atoms with Crippen molar-refractivity contribution in [1.29, 1.82) is 0 Å². The quantitative estimate of drug-likeness (QED) is 0.204. The van der Waals surface area contributed by atoms with Crippen LogP contribution in [-0.2, 0) is 9.13 Å². The number of rotatable bonds is 0. The summed E-state index contributed by atoms with van der Waals surface area (Å²) in [7, 11) is -10.0. The first kappa shape index (κ1) is 29.2. The summed E-state index contributed by atoms with van der Waals surface area (Å²) in [5, 5.41) is 0. The summed E-state index contributed by atoms with van der Waals surface area (Å²) >= 11 is 0. The van der Waals surface area contributed by atoms with Crippen molar-refractivity contribution in [3.63, 3.8) is 0 Å². The summed E-state index contributed by atoms with van der Waals surface area (Å²) in [6.07, 6.45) is 0. The molecule has 10 nitrogen and oxygen atoms in total. The number of quaternary nitrogens is 2. The van der Waals surface area contributed by atoms with Gasteiger partial charge < -0.3 is 46.2 Å². The van der Waals surface area contributed by atoms with Crippen molar-refractivity contribution in [1.82, 2.24) is 12.3 Å². The Morgan fingerprint density at radius 3 is 0.846 bits per heavy atom. The molecule has 11 N–H and O–H groups in total. The molecule has 0 saturated heterocycles. The van der Waals surface area contributed by atoms with Crippen LogP contribution in [0.2, 0.25) is 0 Å². The van der Waals surface area contributed by atoms with Gasteiger partial charge in [-0.3, -0.25) is 0 Å². The van der Waals surface area contributed by atoms with Gasteiger partial charge in [0.15, 0.2) is 0 Å². The van der Waals surface area contributed by atoms with Crippen LogP contribution >= 0.6 is 15.6 Å². The topological polar surface area (TPSA) is 237 Å². The molecule has 80 valence electrons. The van der Waals surface area contributed by atoms with Gasteiger partial charge in [-0.25, -0.2) is 4.57 Å². The van der Waals surface area contributed by atoms with E-state index in [1.807, 2.05) is 0 Å². The molecule has 0 aromatic heterocycles. The molecular weight excluding hydrogens is 241 g/mol. The smallest absolute Gasteiger partial charge is 0.822 e. The van der Waals surface area contributed by atoms with Crippen LogP contribution in [-0.4, -0.2) is 14.7 Å². The summed E-state index contributed by atoms with van der Waals surface area (Å²) < 4.78 is 17.4.